The number of para-hydroxylation sites is 2. The summed E-state index contributed by atoms with van der Waals surface area (Å²) in [4.78, 5) is 2.06. The van der Waals surface area contributed by atoms with Crippen molar-refractivity contribution in [1.82, 2.24) is 4.90 Å². The van der Waals surface area contributed by atoms with Gasteiger partial charge in [0.05, 0.1) is 12.2 Å². The molecule has 3 aromatic carbocycles. The van der Waals surface area contributed by atoms with E-state index in [0.717, 1.165) is 17.9 Å². The van der Waals surface area contributed by atoms with Gasteiger partial charge >= 0.3 is 0 Å². The predicted octanol–water partition coefficient (Wildman–Crippen LogP) is 3.26. The smallest absolute Gasteiger partial charge is 0.0929 e. The Hall–Kier alpha value is -2.70. The summed E-state index contributed by atoms with van der Waals surface area (Å²) in [5.41, 5.74) is 3.41. The van der Waals surface area contributed by atoms with Crippen LogP contribution in [0.1, 0.15) is 5.56 Å². The molecule has 0 saturated carbocycles. The summed E-state index contributed by atoms with van der Waals surface area (Å²) in [6, 6.07) is 30.3. The second-order valence-corrected chi connectivity index (χ2v) is 7.54. The molecule has 3 aromatic rings. The van der Waals surface area contributed by atoms with E-state index >= 15 is 0 Å². The first-order valence-corrected chi connectivity index (χ1v) is 10.3. The van der Waals surface area contributed by atoms with E-state index in [4.69, 9.17) is 5.11 Å². The number of benzene rings is 3. The van der Waals surface area contributed by atoms with Gasteiger partial charge in [-0.15, -0.1) is 0 Å². The molecule has 1 heterocycles. The van der Waals surface area contributed by atoms with Crippen LogP contribution in [0, 0.1) is 5.92 Å². The third kappa shape index (κ3) is 6.68. The quantitative estimate of drug-likeness (QED) is 0.523. The number of piperidine rings is 1. The molecule has 1 aliphatic heterocycles. The normalized spacial score (nSPS) is 21.4. The van der Waals surface area contributed by atoms with E-state index in [9.17, 15) is 10.2 Å². The first-order valence-electron chi connectivity index (χ1n) is 10.3. The Morgan fingerprint density at radius 2 is 1.23 bits per heavy atom. The molecule has 4 rings (SSSR count). The molecular weight excluding hydrogens is 376 g/mol. The van der Waals surface area contributed by atoms with Gasteiger partial charge in [0.2, 0.25) is 0 Å². The lowest BCUT2D eigenvalue weighted by molar-refractivity contribution is -0.0879. The van der Waals surface area contributed by atoms with Crippen LogP contribution in [0.25, 0.3) is 0 Å². The fourth-order valence-electron chi connectivity index (χ4n) is 3.55. The van der Waals surface area contributed by atoms with E-state index in [-0.39, 0.29) is 12.5 Å². The summed E-state index contributed by atoms with van der Waals surface area (Å²) in [7, 11) is 0. The fraction of sp³-hybridized carbons (Fsp3) is 0.280. The van der Waals surface area contributed by atoms with Crippen LogP contribution in [0.5, 0.6) is 0 Å². The van der Waals surface area contributed by atoms with Crippen molar-refractivity contribution in [3.05, 3.63) is 96.6 Å². The Kier molecular flexibility index (Phi) is 8.41. The molecule has 0 unspecified atom stereocenters. The lowest BCUT2D eigenvalue weighted by Gasteiger charge is -2.38. The van der Waals surface area contributed by atoms with E-state index < -0.39 is 12.2 Å². The molecule has 5 heteroatoms. The van der Waals surface area contributed by atoms with E-state index in [0.29, 0.717) is 13.1 Å². The summed E-state index contributed by atoms with van der Waals surface area (Å²) in [6.07, 6.45) is -1.59. The van der Waals surface area contributed by atoms with Gasteiger partial charge in [0, 0.05) is 43.5 Å². The van der Waals surface area contributed by atoms with Crippen LogP contribution < -0.4 is 5.32 Å². The zero-order valence-corrected chi connectivity index (χ0v) is 17.0. The molecule has 3 atom stereocenters. The van der Waals surface area contributed by atoms with Gasteiger partial charge in [-0.2, -0.15) is 0 Å². The van der Waals surface area contributed by atoms with Gasteiger partial charge in [0.25, 0.3) is 0 Å². The van der Waals surface area contributed by atoms with Gasteiger partial charge in [-0.25, -0.2) is 0 Å². The molecule has 30 heavy (non-hydrogen) atoms. The maximum atomic E-state index is 9.72. The van der Waals surface area contributed by atoms with Crippen molar-refractivity contribution >= 4 is 11.4 Å². The molecule has 1 fully saturated rings. The van der Waals surface area contributed by atoms with Crippen LogP contribution in [0.2, 0.25) is 0 Å². The molecule has 4 N–H and O–H groups in total. The van der Waals surface area contributed by atoms with Crippen molar-refractivity contribution < 1.29 is 15.3 Å². The maximum Gasteiger partial charge on any atom is 0.0929 e. The number of β-amino-alcohol motifs (C(OH)–C–C–N with tert-alkyl or cyclic N) is 1. The SMILES string of the molecule is OC[C@H]1CN(Cc2ccccc2)C[C@@H](O)[C@@H]1O.c1ccc(Nc2ccccc2)cc1. The Balaban J connectivity index is 0.000000177. The first kappa shape index (κ1) is 22.0. The predicted molar refractivity (Wildman–Crippen MR) is 120 cm³/mol. The van der Waals surface area contributed by atoms with Crippen molar-refractivity contribution in [3.8, 4) is 0 Å². The minimum atomic E-state index is -0.813. The van der Waals surface area contributed by atoms with E-state index in [1.54, 1.807) is 0 Å². The summed E-state index contributed by atoms with van der Waals surface area (Å²) >= 11 is 0. The number of aliphatic hydroxyl groups is 3. The van der Waals surface area contributed by atoms with Crippen molar-refractivity contribution in [1.29, 1.82) is 0 Å². The molecule has 1 aliphatic rings. The zero-order valence-electron chi connectivity index (χ0n) is 17.0. The first-order chi connectivity index (χ1) is 14.7. The number of aliphatic hydroxyl groups excluding tert-OH is 3. The highest BCUT2D eigenvalue weighted by Gasteiger charge is 2.33. The van der Waals surface area contributed by atoms with Gasteiger partial charge in [-0.05, 0) is 29.8 Å². The highest BCUT2D eigenvalue weighted by atomic mass is 16.3. The second kappa shape index (κ2) is 11.5. The van der Waals surface area contributed by atoms with Crippen LogP contribution in [0.4, 0.5) is 11.4 Å². The highest BCUT2D eigenvalue weighted by molar-refractivity contribution is 5.58. The number of hydrogen-bond acceptors (Lipinski definition) is 5. The monoisotopic (exact) mass is 406 g/mol. The van der Waals surface area contributed by atoms with E-state index in [2.05, 4.69) is 10.2 Å². The average molecular weight is 407 g/mol. The Morgan fingerprint density at radius 1 is 0.733 bits per heavy atom. The highest BCUT2D eigenvalue weighted by Crippen LogP contribution is 2.19. The van der Waals surface area contributed by atoms with Crippen LogP contribution in [0.3, 0.4) is 0 Å². The number of nitrogens with zero attached hydrogens (tertiary/aromatic N) is 1. The second-order valence-electron chi connectivity index (χ2n) is 7.54. The van der Waals surface area contributed by atoms with Crippen LogP contribution >= 0.6 is 0 Å². The minimum absolute atomic E-state index is 0.0937. The molecule has 5 nitrogen and oxygen atoms in total. The summed E-state index contributed by atoms with van der Waals surface area (Å²) in [6.45, 7) is 1.71. The van der Waals surface area contributed by atoms with Gasteiger partial charge in [0.15, 0.2) is 0 Å². The molecule has 0 bridgehead atoms. The van der Waals surface area contributed by atoms with Crippen molar-refractivity contribution in [2.24, 2.45) is 5.92 Å². The largest absolute Gasteiger partial charge is 0.396 e. The lowest BCUT2D eigenvalue weighted by Crippen LogP contribution is -2.53. The van der Waals surface area contributed by atoms with Crippen molar-refractivity contribution in [3.63, 3.8) is 0 Å². The maximum absolute atomic E-state index is 9.72. The lowest BCUT2D eigenvalue weighted by atomic mass is 9.93. The minimum Gasteiger partial charge on any atom is -0.396 e. The number of nitrogens with one attached hydrogen (secondary N) is 1. The van der Waals surface area contributed by atoms with Crippen molar-refractivity contribution in [2.45, 2.75) is 18.8 Å². The molecule has 0 spiro atoms. The average Bonchev–Trinajstić information content (AvgIpc) is 2.79. The summed E-state index contributed by atoms with van der Waals surface area (Å²) in [5.74, 6) is -0.262. The van der Waals surface area contributed by atoms with Gasteiger partial charge in [-0.1, -0.05) is 66.7 Å². The zero-order chi connectivity index (χ0) is 21.2. The number of likely N-dealkylation sites (tertiary alicyclic amines) is 1. The topological polar surface area (TPSA) is 76.0 Å². The molecule has 0 aliphatic carbocycles. The van der Waals surface area contributed by atoms with Gasteiger partial charge in [0.1, 0.15) is 0 Å². The van der Waals surface area contributed by atoms with Crippen molar-refractivity contribution in [2.75, 3.05) is 25.0 Å². The number of hydrogen-bond donors (Lipinski definition) is 4. The van der Waals surface area contributed by atoms with E-state index in [1.165, 1.54) is 5.56 Å². The van der Waals surface area contributed by atoms with Gasteiger partial charge < -0.3 is 20.6 Å². The van der Waals surface area contributed by atoms with E-state index in [1.807, 2.05) is 91.0 Å². The Morgan fingerprint density at radius 3 is 1.73 bits per heavy atom. The van der Waals surface area contributed by atoms with Crippen LogP contribution in [-0.4, -0.2) is 52.1 Å². The van der Waals surface area contributed by atoms with Crippen LogP contribution in [-0.2, 0) is 6.54 Å². The third-order valence-corrected chi connectivity index (χ3v) is 5.13. The number of anilines is 2. The molecule has 0 amide bonds. The summed E-state index contributed by atoms with van der Waals surface area (Å²) in [5, 5.41) is 31.9. The Bertz CT molecular complexity index is 809. The molecule has 0 aromatic heterocycles. The van der Waals surface area contributed by atoms with Gasteiger partial charge in [-0.3, -0.25) is 4.90 Å². The molecule has 1 saturated heterocycles. The van der Waals surface area contributed by atoms with Crippen LogP contribution in [0.15, 0.2) is 91.0 Å². The third-order valence-electron chi connectivity index (χ3n) is 5.13. The Labute approximate surface area is 178 Å². The number of rotatable bonds is 5. The standard InChI is InChI=1S/C13H19NO3.C12H11N/c15-9-11-7-14(8-12(16)13(11)17)6-10-4-2-1-3-5-10;1-3-7-11(8-4-1)13-12-9-5-2-6-10-12/h1-5,11-13,15-17H,6-9H2;1-10,13H/t11-,12-,13-;/m1./s1. The fourth-order valence-corrected chi connectivity index (χ4v) is 3.55. The molecule has 0 radical (unpaired) electrons. The molecular formula is C25H30N2O3. The summed E-state index contributed by atoms with van der Waals surface area (Å²) < 4.78 is 0. The molecule has 158 valence electrons.